The normalized spacial score (nSPS) is 19.4. The number of halogens is 1. The van der Waals surface area contributed by atoms with Crippen LogP contribution in [0.2, 0.25) is 0 Å². The minimum absolute atomic E-state index is 0.109. The molecule has 0 spiro atoms. The van der Waals surface area contributed by atoms with Crippen molar-refractivity contribution < 1.29 is 4.79 Å². The Hall–Kier alpha value is -0.870. The van der Waals surface area contributed by atoms with Gasteiger partial charge in [-0.05, 0) is 37.6 Å². The van der Waals surface area contributed by atoms with Crippen molar-refractivity contribution >= 4 is 21.8 Å². The number of amides is 1. The van der Waals surface area contributed by atoms with Crippen LogP contribution in [0.1, 0.15) is 22.3 Å². The van der Waals surface area contributed by atoms with E-state index in [2.05, 4.69) is 21.2 Å². The molecule has 1 amide bonds. The predicted molar refractivity (Wildman–Crippen MR) is 72.2 cm³/mol. The van der Waals surface area contributed by atoms with Gasteiger partial charge in [-0.1, -0.05) is 22.0 Å². The van der Waals surface area contributed by atoms with Crippen molar-refractivity contribution in [2.75, 3.05) is 20.1 Å². The first-order valence-electron chi connectivity index (χ1n) is 5.83. The first-order chi connectivity index (χ1) is 8.09. The molecule has 0 unspecified atom stereocenters. The maximum atomic E-state index is 12.4. The van der Waals surface area contributed by atoms with Crippen LogP contribution in [0.4, 0.5) is 0 Å². The Morgan fingerprint density at radius 3 is 2.94 bits per heavy atom. The van der Waals surface area contributed by atoms with E-state index < -0.39 is 0 Å². The summed E-state index contributed by atoms with van der Waals surface area (Å²) in [5.74, 6) is 0.109. The van der Waals surface area contributed by atoms with Gasteiger partial charge >= 0.3 is 0 Å². The Balaban J connectivity index is 2.20. The lowest BCUT2D eigenvalue weighted by Gasteiger charge is -2.24. The SMILES string of the molecule is Cc1ccc(Br)cc1C(=O)N(C)[C@@H]1CCNC1. The smallest absolute Gasteiger partial charge is 0.254 e. The average Bonchev–Trinajstić information content (AvgIpc) is 2.84. The summed E-state index contributed by atoms with van der Waals surface area (Å²) >= 11 is 3.41. The van der Waals surface area contributed by atoms with E-state index in [0.29, 0.717) is 6.04 Å². The van der Waals surface area contributed by atoms with E-state index in [0.717, 1.165) is 35.1 Å². The van der Waals surface area contributed by atoms with Gasteiger partial charge in [-0.15, -0.1) is 0 Å². The largest absolute Gasteiger partial charge is 0.337 e. The monoisotopic (exact) mass is 296 g/mol. The van der Waals surface area contributed by atoms with Gasteiger partial charge in [0.25, 0.3) is 5.91 Å². The number of aryl methyl sites for hydroxylation is 1. The molecule has 1 aromatic rings. The summed E-state index contributed by atoms with van der Waals surface area (Å²) < 4.78 is 0.949. The topological polar surface area (TPSA) is 32.3 Å². The van der Waals surface area contributed by atoms with Gasteiger partial charge in [0.05, 0.1) is 0 Å². The molecule has 3 nitrogen and oxygen atoms in total. The lowest BCUT2D eigenvalue weighted by molar-refractivity contribution is 0.0743. The number of carbonyl (C=O) groups excluding carboxylic acids is 1. The molecular formula is C13H17BrN2O. The highest BCUT2D eigenvalue weighted by atomic mass is 79.9. The highest BCUT2D eigenvalue weighted by Gasteiger charge is 2.24. The molecule has 0 aliphatic carbocycles. The van der Waals surface area contributed by atoms with Crippen LogP contribution in [-0.4, -0.2) is 37.0 Å². The highest BCUT2D eigenvalue weighted by molar-refractivity contribution is 9.10. The Morgan fingerprint density at radius 1 is 1.53 bits per heavy atom. The fourth-order valence-electron chi connectivity index (χ4n) is 2.15. The van der Waals surface area contributed by atoms with E-state index in [4.69, 9.17) is 0 Å². The van der Waals surface area contributed by atoms with Crippen molar-refractivity contribution in [1.82, 2.24) is 10.2 Å². The molecule has 17 heavy (non-hydrogen) atoms. The van der Waals surface area contributed by atoms with Crippen LogP contribution in [-0.2, 0) is 0 Å². The summed E-state index contributed by atoms with van der Waals surface area (Å²) in [5.41, 5.74) is 1.81. The van der Waals surface area contributed by atoms with Crippen LogP contribution in [0.3, 0.4) is 0 Å². The molecule has 0 saturated carbocycles. The van der Waals surface area contributed by atoms with Gasteiger partial charge in [-0.25, -0.2) is 0 Å². The summed E-state index contributed by atoms with van der Waals surface area (Å²) in [4.78, 5) is 14.2. The lowest BCUT2D eigenvalue weighted by atomic mass is 10.1. The van der Waals surface area contributed by atoms with Crippen molar-refractivity contribution in [3.8, 4) is 0 Å². The Kier molecular flexibility index (Phi) is 3.84. The molecule has 1 aliphatic rings. The summed E-state index contributed by atoms with van der Waals surface area (Å²) in [6.45, 7) is 3.87. The van der Waals surface area contributed by atoms with E-state index >= 15 is 0 Å². The van der Waals surface area contributed by atoms with Crippen LogP contribution in [0.5, 0.6) is 0 Å². The number of nitrogens with one attached hydrogen (secondary N) is 1. The first-order valence-corrected chi connectivity index (χ1v) is 6.63. The zero-order chi connectivity index (χ0) is 12.4. The quantitative estimate of drug-likeness (QED) is 0.907. The molecule has 1 N–H and O–H groups in total. The third-order valence-corrected chi connectivity index (χ3v) is 3.83. The summed E-state index contributed by atoms with van der Waals surface area (Å²) in [5, 5.41) is 3.28. The van der Waals surface area contributed by atoms with E-state index in [1.807, 2.05) is 37.1 Å². The summed E-state index contributed by atoms with van der Waals surface area (Å²) in [6.07, 6.45) is 1.04. The summed E-state index contributed by atoms with van der Waals surface area (Å²) in [6, 6.07) is 6.15. The van der Waals surface area contributed by atoms with Gasteiger partial charge in [0.2, 0.25) is 0 Å². The molecule has 0 radical (unpaired) electrons. The molecule has 1 aliphatic heterocycles. The maximum absolute atomic E-state index is 12.4. The van der Waals surface area contributed by atoms with Gasteiger partial charge in [-0.2, -0.15) is 0 Å². The standard InChI is InChI=1S/C13H17BrN2O/c1-9-3-4-10(14)7-12(9)13(17)16(2)11-5-6-15-8-11/h3-4,7,11,15H,5-6,8H2,1-2H3/t11-/m1/s1. The van der Waals surface area contributed by atoms with Crippen molar-refractivity contribution in [3.05, 3.63) is 33.8 Å². The number of hydrogen-bond acceptors (Lipinski definition) is 2. The highest BCUT2D eigenvalue weighted by Crippen LogP contribution is 2.19. The average molecular weight is 297 g/mol. The van der Waals surface area contributed by atoms with Gasteiger partial charge in [0.1, 0.15) is 0 Å². The first kappa shape index (κ1) is 12.6. The number of carbonyl (C=O) groups is 1. The number of likely N-dealkylation sites (N-methyl/N-ethyl adjacent to an activating group) is 1. The minimum atomic E-state index is 0.109. The second-order valence-corrected chi connectivity index (χ2v) is 5.44. The molecule has 1 fully saturated rings. The molecule has 92 valence electrons. The zero-order valence-electron chi connectivity index (χ0n) is 10.2. The van der Waals surface area contributed by atoms with Crippen molar-refractivity contribution in [1.29, 1.82) is 0 Å². The third-order valence-electron chi connectivity index (χ3n) is 3.33. The number of nitrogens with zero attached hydrogens (tertiary/aromatic N) is 1. The Labute approximate surface area is 110 Å². The predicted octanol–water partition coefficient (Wildman–Crippen LogP) is 2.19. The Morgan fingerprint density at radius 2 is 2.29 bits per heavy atom. The number of benzene rings is 1. The molecule has 1 aromatic carbocycles. The van der Waals surface area contributed by atoms with Crippen LogP contribution in [0.15, 0.2) is 22.7 Å². The van der Waals surface area contributed by atoms with E-state index in [1.165, 1.54) is 0 Å². The van der Waals surface area contributed by atoms with E-state index in [9.17, 15) is 4.79 Å². The van der Waals surface area contributed by atoms with Crippen LogP contribution >= 0.6 is 15.9 Å². The van der Waals surface area contributed by atoms with E-state index in [1.54, 1.807) is 0 Å². The molecular weight excluding hydrogens is 280 g/mol. The molecule has 1 atom stereocenters. The number of rotatable bonds is 2. The second-order valence-electron chi connectivity index (χ2n) is 4.52. The fourth-order valence-corrected chi connectivity index (χ4v) is 2.51. The molecule has 4 heteroatoms. The number of hydrogen-bond donors (Lipinski definition) is 1. The van der Waals surface area contributed by atoms with Crippen molar-refractivity contribution in [3.63, 3.8) is 0 Å². The third kappa shape index (κ3) is 2.69. The van der Waals surface area contributed by atoms with Gasteiger partial charge in [0.15, 0.2) is 0 Å². The van der Waals surface area contributed by atoms with Crippen LogP contribution in [0.25, 0.3) is 0 Å². The molecule has 0 bridgehead atoms. The zero-order valence-corrected chi connectivity index (χ0v) is 11.8. The van der Waals surface area contributed by atoms with Gasteiger partial charge < -0.3 is 10.2 Å². The fraction of sp³-hybridized carbons (Fsp3) is 0.462. The molecule has 2 rings (SSSR count). The molecule has 1 heterocycles. The molecule has 0 aromatic heterocycles. The van der Waals surface area contributed by atoms with Gasteiger partial charge in [-0.3, -0.25) is 4.79 Å². The van der Waals surface area contributed by atoms with Gasteiger partial charge in [0, 0.05) is 29.7 Å². The maximum Gasteiger partial charge on any atom is 0.254 e. The summed E-state index contributed by atoms with van der Waals surface area (Å²) in [7, 11) is 1.89. The van der Waals surface area contributed by atoms with Crippen LogP contribution in [0, 0.1) is 6.92 Å². The Bertz CT molecular complexity index is 427. The van der Waals surface area contributed by atoms with Crippen molar-refractivity contribution in [2.45, 2.75) is 19.4 Å². The molecule has 1 saturated heterocycles. The minimum Gasteiger partial charge on any atom is -0.337 e. The lowest BCUT2D eigenvalue weighted by Crippen LogP contribution is -2.38. The second kappa shape index (κ2) is 5.19. The van der Waals surface area contributed by atoms with Crippen molar-refractivity contribution in [2.24, 2.45) is 0 Å². The van der Waals surface area contributed by atoms with Crippen LogP contribution < -0.4 is 5.32 Å². The van der Waals surface area contributed by atoms with E-state index in [-0.39, 0.29) is 5.91 Å².